The second kappa shape index (κ2) is 5.62. The number of hydrogen-bond acceptors (Lipinski definition) is 5. The van der Waals surface area contributed by atoms with Crippen molar-refractivity contribution >= 4 is 23.6 Å². The Hall–Kier alpha value is -1.89. The van der Waals surface area contributed by atoms with Gasteiger partial charge in [-0.05, 0) is 17.7 Å². The smallest absolute Gasteiger partial charge is 0.239 e. The Morgan fingerprint density at radius 2 is 2.20 bits per heavy atom. The standard InChI is InChI=1S/C13H14N2O4S/c16-12(5-15-7-20-6-13(15)17)14-4-9-1-2-10-11(3-9)19-8-18-10/h1-3H,4-8H2,(H,14,16). The lowest BCUT2D eigenvalue weighted by Crippen LogP contribution is -2.37. The summed E-state index contributed by atoms with van der Waals surface area (Å²) < 4.78 is 10.5. The van der Waals surface area contributed by atoms with Gasteiger partial charge in [-0.25, -0.2) is 0 Å². The molecule has 2 aliphatic heterocycles. The van der Waals surface area contributed by atoms with Gasteiger partial charge in [0.15, 0.2) is 11.5 Å². The van der Waals surface area contributed by atoms with Gasteiger partial charge < -0.3 is 19.7 Å². The molecule has 0 unspecified atom stereocenters. The quantitative estimate of drug-likeness (QED) is 0.879. The number of rotatable bonds is 4. The van der Waals surface area contributed by atoms with Crippen molar-refractivity contribution in [3.05, 3.63) is 23.8 Å². The molecule has 2 amide bonds. The Balaban J connectivity index is 1.51. The first kappa shape index (κ1) is 13.1. The first-order valence-electron chi connectivity index (χ1n) is 6.23. The molecule has 3 rings (SSSR count). The van der Waals surface area contributed by atoms with Gasteiger partial charge in [-0.15, -0.1) is 11.8 Å². The van der Waals surface area contributed by atoms with Crippen LogP contribution in [0.1, 0.15) is 5.56 Å². The highest BCUT2D eigenvalue weighted by Crippen LogP contribution is 2.32. The van der Waals surface area contributed by atoms with Crippen molar-refractivity contribution in [2.45, 2.75) is 6.54 Å². The number of carbonyl (C=O) groups is 2. The van der Waals surface area contributed by atoms with Gasteiger partial charge in [0.1, 0.15) is 6.54 Å². The van der Waals surface area contributed by atoms with E-state index in [9.17, 15) is 9.59 Å². The fraction of sp³-hybridized carbons (Fsp3) is 0.385. The van der Waals surface area contributed by atoms with Gasteiger partial charge in [0, 0.05) is 6.54 Å². The van der Waals surface area contributed by atoms with E-state index >= 15 is 0 Å². The van der Waals surface area contributed by atoms with Gasteiger partial charge in [0.2, 0.25) is 18.6 Å². The molecular weight excluding hydrogens is 280 g/mol. The molecule has 0 atom stereocenters. The van der Waals surface area contributed by atoms with Crippen LogP contribution in [0.4, 0.5) is 0 Å². The monoisotopic (exact) mass is 294 g/mol. The Morgan fingerprint density at radius 3 is 3.00 bits per heavy atom. The lowest BCUT2D eigenvalue weighted by atomic mass is 10.2. The molecule has 0 aromatic heterocycles. The van der Waals surface area contributed by atoms with Crippen LogP contribution in [0.2, 0.25) is 0 Å². The summed E-state index contributed by atoms with van der Waals surface area (Å²) in [6.07, 6.45) is 0. The fourth-order valence-corrected chi connectivity index (χ4v) is 2.93. The van der Waals surface area contributed by atoms with E-state index in [4.69, 9.17) is 9.47 Å². The SMILES string of the molecule is O=C(CN1CSCC1=O)NCc1ccc2c(c1)OCO2. The van der Waals surface area contributed by atoms with Crippen LogP contribution in [0.5, 0.6) is 11.5 Å². The third-order valence-electron chi connectivity index (χ3n) is 3.09. The van der Waals surface area contributed by atoms with Gasteiger partial charge in [-0.3, -0.25) is 9.59 Å². The predicted octanol–water partition coefficient (Wildman–Crippen LogP) is 0.564. The minimum Gasteiger partial charge on any atom is -0.454 e. The topological polar surface area (TPSA) is 67.9 Å². The van der Waals surface area contributed by atoms with Crippen molar-refractivity contribution in [3.8, 4) is 11.5 Å². The zero-order chi connectivity index (χ0) is 13.9. The third-order valence-corrected chi connectivity index (χ3v) is 4.03. The molecule has 1 fully saturated rings. The average Bonchev–Trinajstić information content (AvgIpc) is 3.05. The Morgan fingerprint density at radius 1 is 1.35 bits per heavy atom. The van der Waals surface area contributed by atoms with Crippen molar-refractivity contribution in [3.63, 3.8) is 0 Å². The Labute approximate surface area is 120 Å². The molecule has 0 radical (unpaired) electrons. The number of nitrogens with zero attached hydrogens (tertiary/aromatic N) is 1. The summed E-state index contributed by atoms with van der Waals surface area (Å²) in [6, 6.07) is 5.55. The molecule has 2 heterocycles. The normalized spacial score (nSPS) is 16.6. The maximum absolute atomic E-state index is 11.8. The summed E-state index contributed by atoms with van der Waals surface area (Å²) in [7, 11) is 0. The molecule has 1 aromatic carbocycles. The van der Waals surface area contributed by atoms with E-state index in [1.165, 1.54) is 11.8 Å². The molecule has 1 aromatic rings. The first-order valence-corrected chi connectivity index (χ1v) is 7.38. The summed E-state index contributed by atoms with van der Waals surface area (Å²) in [5.74, 6) is 2.35. The largest absolute Gasteiger partial charge is 0.454 e. The molecule has 106 valence electrons. The number of amides is 2. The molecule has 6 nitrogen and oxygen atoms in total. The maximum Gasteiger partial charge on any atom is 0.239 e. The molecule has 0 spiro atoms. The minimum atomic E-state index is -0.154. The highest BCUT2D eigenvalue weighted by Gasteiger charge is 2.22. The van der Waals surface area contributed by atoms with Gasteiger partial charge >= 0.3 is 0 Å². The fourth-order valence-electron chi connectivity index (χ4n) is 2.02. The first-order chi connectivity index (χ1) is 9.72. The number of thioether (sulfide) groups is 1. The lowest BCUT2D eigenvalue weighted by Gasteiger charge is -2.14. The summed E-state index contributed by atoms with van der Waals surface area (Å²) in [5.41, 5.74) is 0.935. The molecule has 0 aliphatic carbocycles. The molecule has 0 bridgehead atoms. The zero-order valence-corrected chi connectivity index (χ0v) is 11.6. The summed E-state index contributed by atoms with van der Waals surface area (Å²) in [6.45, 7) is 0.765. The molecule has 1 N–H and O–H groups in total. The number of benzene rings is 1. The van der Waals surface area contributed by atoms with Crippen LogP contribution in [-0.2, 0) is 16.1 Å². The van der Waals surface area contributed by atoms with Crippen LogP contribution in [0, 0.1) is 0 Å². The second-order valence-electron chi connectivity index (χ2n) is 4.53. The van der Waals surface area contributed by atoms with Gasteiger partial charge in [-0.1, -0.05) is 6.07 Å². The zero-order valence-electron chi connectivity index (χ0n) is 10.8. The van der Waals surface area contributed by atoms with Crippen molar-refractivity contribution in [1.82, 2.24) is 10.2 Å². The number of nitrogens with one attached hydrogen (secondary N) is 1. The molecule has 20 heavy (non-hydrogen) atoms. The van der Waals surface area contributed by atoms with E-state index in [0.717, 1.165) is 11.3 Å². The van der Waals surface area contributed by atoms with Gasteiger partial charge in [0.25, 0.3) is 0 Å². The van der Waals surface area contributed by atoms with Crippen molar-refractivity contribution in [1.29, 1.82) is 0 Å². The van der Waals surface area contributed by atoms with Crippen LogP contribution in [0.3, 0.4) is 0 Å². The van der Waals surface area contributed by atoms with Crippen LogP contribution in [0.15, 0.2) is 18.2 Å². The summed E-state index contributed by atoms with van der Waals surface area (Å²) in [5, 5.41) is 2.80. The number of hydrogen-bond donors (Lipinski definition) is 1. The third kappa shape index (κ3) is 2.82. The molecule has 1 saturated heterocycles. The highest BCUT2D eigenvalue weighted by atomic mass is 32.2. The Bertz CT molecular complexity index is 549. The van der Waals surface area contributed by atoms with Crippen LogP contribution in [-0.4, -0.2) is 41.7 Å². The van der Waals surface area contributed by atoms with Crippen LogP contribution in [0.25, 0.3) is 0 Å². The van der Waals surface area contributed by atoms with E-state index < -0.39 is 0 Å². The highest BCUT2D eigenvalue weighted by molar-refractivity contribution is 8.00. The molecule has 2 aliphatic rings. The second-order valence-corrected chi connectivity index (χ2v) is 5.49. The maximum atomic E-state index is 11.8. The number of carbonyl (C=O) groups excluding carboxylic acids is 2. The van der Waals surface area contributed by atoms with Crippen molar-refractivity contribution in [2.75, 3.05) is 25.0 Å². The van der Waals surface area contributed by atoms with Gasteiger partial charge in [-0.2, -0.15) is 0 Å². The minimum absolute atomic E-state index is 0.0215. The molecular formula is C13H14N2O4S. The van der Waals surface area contributed by atoms with E-state index in [2.05, 4.69) is 5.32 Å². The summed E-state index contributed by atoms with van der Waals surface area (Å²) in [4.78, 5) is 24.7. The van der Waals surface area contributed by atoms with E-state index in [1.807, 2.05) is 18.2 Å². The van der Waals surface area contributed by atoms with Crippen LogP contribution < -0.4 is 14.8 Å². The predicted molar refractivity (Wildman–Crippen MR) is 73.4 cm³/mol. The van der Waals surface area contributed by atoms with Crippen molar-refractivity contribution in [2.24, 2.45) is 0 Å². The van der Waals surface area contributed by atoms with Crippen LogP contribution >= 0.6 is 11.8 Å². The van der Waals surface area contributed by atoms with E-state index in [0.29, 0.717) is 23.9 Å². The molecule has 0 saturated carbocycles. The Kier molecular flexibility index (Phi) is 3.68. The lowest BCUT2D eigenvalue weighted by molar-refractivity contribution is -0.132. The molecule has 7 heteroatoms. The van der Waals surface area contributed by atoms with Crippen molar-refractivity contribution < 1.29 is 19.1 Å². The average molecular weight is 294 g/mol. The van der Waals surface area contributed by atoms with E-state index in [-0.39, 0.29) is 25.2 Å². The number of fused-ring (bicyclic) bond motifs is 1. The number of ether oxygens (including phenoxy) is 2. The summed E-state index contributed by atoms with van der Waals surface area (Å²) >= 11 is 1.53. The van der Waals surface area contributed by atoms with Gasteiger partial charge in [0.05, 0.1) is 11.6 Å². The van der Waals surface area contributed by atoms with E-state index in [1.54, 1.807) is 4.90 Å².